The fourth-order valence-corrected chi connectivity index (χ4v) is 3.36. The van der Waals surface area contributed by atoms with Crippen molar-refractivity contribution in [3.63, 3.8) is 0 Å². The molecular weight excluding hydrogens is 212 g/mol. The minimum absolute atomic E-state index is 0.315. The second kappa shape index (κ2) is 4.94. The first-order chi connectivity index (χ1) is 7.26. The molecule has 0 saturated heterocycles. The quantitative estimate of drug-likeness (QED) is 0.517. The van der Waals surface area contributed by atoms with Crippen LogP contribution < -0.4 is 0 Å². The van der Waals surface area contributed by atoms with Crippen LogP contribution in [0.15, 0.2) is 0 Å². The molecule has 1 aliphatic carbocycles. The zero-order valence-corrected chi connectivity index (χ0v) is 12.5. The highest BCUT2D eigenvalue weighted by Gasteiger charge is 2.39. The Labute approximate surface area is 102 Å². The number of terminal acetylenes is 1. The third-order valence-electron chi connectivity index (χ3n) is 4.18. The SMILES string of the molecule is C#CC1CCC(O[Si](C)(C)C(C)(C)C)CC1. The molecule has 92 valence electrons. The van der Waals surface area contributed by atoms with Crippen molar-refractivity contribution in [2.24, 2.45) is 5.92 Å². The van der Waals surface area contributed by atoms with E-state index in [2.05, 4.69) is 39.8 Å². The minimum Gasteiger partial charge on any atom is -0.414 e. The summed E-state index contributed by atoms with van der Waals surface area (Å²) in [5.41, 5.74) is 0. The fourth-order valence-electron chi connectivity index (χ4n) is 1.94. The summed E-state index contributed by atoms with van der Waals surface area (Å²) in [6.45, 7) is 11.6. The van der Waals surface area contributed by atoms with Crippen LogP contribution in [0.2, 0.25) is 18.1 Å². The molecule has 1 nitrogen and oxygen atoms in total. The van der Waals surface area contributed by atoms with E-state index in [-0.39, 0.29) is 0 Å². The smallest absolute Gasteiger partial charge is 0.192 e. The van der Waals surface area contributed by atoms with Gasteiger partial charge in [-0.2, -0.15) is 0 Å². The van der Waals surface area contributed by atoms with Crippen molar-refractivity contribution in [2.45, 2.75) is 70.7 Å². The highest BCUT2D eigenvalue weighted by molar-refractivity contribution is 6.74. The van der Waals surface area contributed by atoms with Crippen molar-refractivity contribution >= 4 is 8.32 Å². The molecule has 0 radical (unpaired) electrons. The highest BCUT2D eigenvalue weighted by atomic mass is 28.4. The van der Waals surface area contributed by atoms with E-state index in [0.29, 0.717) is 17.1 Å². The molecule has 1 fully saturated rings. The highest BCUT2D eigenvalue weighted by Crippen LogP contribution is 2.39. The van der Waals surface area contributed by atoms with E-state index in [0.717, 1.165) is 25.7 Å². The van der Waals surface area contributed by atoms with Crippen molar-refractivity contribution in [3.05, 3.63) is 0 Å². The van der Waals surface area contributed by atoms with Gasteiger partial charge in [-0.3, -0.25) is 0 Å². The van der Waals surface area contributed by atoms with E-state index < -0.39 is 8.32 Å². The number of hydrogen-bond donors (Lipinski definition) is 0. The molecule has 0 unspecified atom stereocenters. The Balaban J connectivity index is 2.48. The predicted molar refractivity (Wildman–Crippen MR) is 72.9 cm³/mol. The Morgan fingerprint density at radius 2 is 1.62 bits per heavy atom. The number of rotatable bonds is 2. The van der Waals surface area contributed by atoms with Crippen LogP contribution in [0.1, 0.15) is 46.5 Å². The Morgan fingerprint density at radius 1 is 1.12 bits per heavy atom. The maximum absolute atomic E-state index is 6.41. The Morgan fingerprint density at radius 3 is 2.00 bits per heavy atom. The van der Waals surface area contributed by atoms with Crippen LogP contribution in [0.3, 0.4) is 0 Å². The average Bonchev–Trinajstić information content (AvgIpc) is 2.16. The van der Waals surface area contributed by atoms with Crippen LogP contribution in [0, 0.1) is 18.3 Å². The molecule has 16 heavy (non-hydrogen) atoms. The van der Waals surface area contributed by atoms with Crippen molar-refractivity contribution in [1.29, 1.82) is 0 Å². The summed E-state index contributed by atoms with van der Waals surface area (Å²) in [4.78, 5) is 0. The first-order valence-electron chi connectivity index (χ1n) is 6.40. The second-order valence-corrected chi connectivity index (χ2v) is 11.3. The lowest BCUT2D eigenvalue weighted by atomic mass is 9.88. The fraction of sp³-hybridized carbons (Fsp3) is 0.857. The van der Waals surface area contributed by atoms with Gasteiger partial charge in [0.05, 0.1) is 0 Å². The molecule has 0 aliphatic heterocycles. The van der Waals surface area contributed by atoms with E-state index in [4.69, 9.17) is 10.8 Å². The molecular formula is C14H26OSi. The lowest BCUT2D eigenvalue weighted by Gasteiger charge is -2.40. The molecule has 1 saturated carbocycles. The lowest BCUT2D eigenvalue weighted by Crippen LogP contribution is -2.44. The van der Waals surface area contributed by atoms with Crippen molar-refractivity contribution in [1.82, 2.24) is 0 Å². The lowest BCUT2D eigenvalue weighted by molar-refractivity contribution is 0.127. The first kappa shape index (κ1) is 13.8. The zero-order valence-electron chi connectivity index (χ0n) is 11.5. The van der Waals surface area contributed by atoms with E-state index >= 15 is 0 Å². The van der Waals surface area contributed by atoms with Crippen LogP contribution in [0.25, 0.3) is 0 Å². The molecule has 0 N–H and O–H groups in total. The molecule has 0 amide bonds. The van der Waals surface area contributed by atoms with Crippen molar-refractivity contribution in [3.8, 4) is 12.3 Å². The Hall–Kier alpha value is -0.263. The summed E-state index contributed by atoms with van der Waals surface area (Å²) in [7, 11) is -1.58. The van der Waals surface area contributed by atoms with Gasteiger partial charge >= 0.3 is 0 Å². The molecule has 0 aromatic heterocycles. The molecule has 1 rings (SSSR count). The Bertz CT molecular complexity index is 261. The van der Waals surface area contributed by atoms with Gasteiger partial charge in [0.15, 0.2) is 8.32 Å². The van der Waals surface area contributed by atoms with Gasteiger partial charge in [0.1, 0.15) is 0 Å². The van der Waals surface area contributed by atoms with E-state index in [1.54, 1.807) is 0 Å². The summed E-state index contributed by atoms with van der Waals surface area (Å²) >= 11 is 0. The largest absolute Gasteiger partial charge is 0.414 e. The molecule has 0 aromatic carbocycles. The van der Waals surface area contributed by atoms with Crippen LogP contribution in [0.4, 0.5) is 0 Å². The number of hydrogen-bond acceptors (Lipinski definition) is 1. The Kier molecular flexibility index (Phi) is 4.26. The molecule has 2 heteroatoms. The van der Waals surface area contributed by atoms with Gasteiger partial charge in [0.2, 0.25) is 0 Å². The molecule has 1 aliphatic rings. The molecule has 0 aromatic rings. The molecule has 0 spiro atoms. The van der Waals surface area contributed by atoms with Gasteiger partial charge in [-0.25, -0.2) is 0 Å². The minimum atomic E-state index is -1.58. The van der Waals surface area contributed by atoms with Gasteiger partial charge in [-0.05, 0) is 43.8 Å². The van der Waals surface area contributed by atoms with Gasteiger partial charge < -0.3 is 4.43 Å². The monoisotopic (exact) mass is 238 g/mol. The molecule has 0 bridgehead atoms. The second-order valence-electron chi connectivity index (χ2n) is 6.52. The van der Waals surface area contributed by atoms with Gasteiger partial charge in [0, 0.05) is 12.0 Å². The summed E-state index contributed by atoms with van der Waals surface area (Å²) in [5.74, 6) is 3.37. The first-order valence-corrected chi connectivity index (χ1v) is 9.31. The predicted octanol–water partition coefficient (Wildman–Crippen LogP) is 4.20. The standard InChI is InChI=1S/C14H26OSi/c1-7-12-8-10-13(11-9-12)15-16(5,6)14(2,3)4/h1,12-13H,8-11H2,2-6H3. The van der Waals surface area contributed by atoms with Crippen molar-refractivity contribution in [2.75, 3.05) is 0 Å². The van der Waals surface area contributed by atoms with E-state index in [1.807, 2.05) is 0 Å². The third-order valence-corrected chi connectivity index (χ3v) is 8.71. The van der Waals surface area contributed by atoms with E-state index in [1.165, 1.54) is 0 Å². The summed E-state index contributed by atoms with van der Waals surface area (Å²) in [6.07, 6.45) is 10.5. The topological polar surface area (TPSA) is 9.23 Å². The normalized spacial score (nSPS) is 27.5. The van der Waals surface area contributed by atoms with Crippen LogP contribution in [0.5, 0.6) is 0 Å². The summed E-state index contributed by atoms with van der Waals surface area (Å²) < 4.78 is 6.41. The van der Waals surface area contributed by atoms with Gasteiger partial charge in [-0.15, -0.1) is 12.3 Å². The molecule has 0 atom stereocenters. The van der Waals surface area contributed by atoms with Crippen LogP contribution in [-0.2, 0) is 4.43 Å². The van der Waals surface area contributed by atoms with Crippen molar-refractivity contribution < 1.29 is 4.43 Å². The maximum Gasteiger partial charge on any atom is 0.192 e. The summed E-state index contributed by atoms with van der Waals surface area (Å²) in [6, 6.07) is 0. The van der Waals surface area contributed by atoms with Gasteiger partial charge in [0.25, 0.3) is 0 Å². The third kappa shape index (κ3) is 3.36. The summed E-state index contributed by atoms with van der Waals surface area (Å²) in [5, 5.41) is 0.315. The molecule has 0 heterocycles. The van der Waals surface area contributed by atoms with Crippen LogP contribution >= 0.6 is 0 Å². The van der Waals surface area contributed by atoms with E-state index in [9.17, 15) is 0 Å². The maximum atomic E-state index is 6.41. The average molecular weight is 238 g/mol. The van der Waals surface area contributed by atoms with Crippen LogP contribution in [-0.4, -0.2) is 14.4 Å². The van der Waals surface area contributed by atoms with Gasteiger partial charge in [-0.1, -0.05) is 20.8 Å². The zero-order chi connectivity index (χ0) is 12.4.